The van der Waals surface area contributed by atoms with E-state index in [-0.39, 0.29) is 17.4 Å². The van der Waals surface area contributed by atoms with E-state index in [1.165, 1.54) is 51.4 Å². The van der Waals surface area contributed by atoms with Gasteiger partial charge in [0.2, 0.25) is 5.91 Å². The highest BCUT2D eigenvalue weighted by molar-refractivity contribution is 7.51. The van der Waals surface area contributed by atoms with Crippen LogP contribution in [0.1, 0.15) is 98.3 Å². The summed E-state index contributed by atoms with van der Waals surface area (Å²) in [6.07, 6.45) is 11.5. The molecule has 7 heteroatoms. The fourth-order valence-electron chi connectivity index (χ4n) is 9.85. The molecule has 0 radical (unpaired) electrons. The zero-order valence-corrected chi connectivity index (χ0v) is 22.6. The molecule has 4 aliphatic carbocycles. The van der Waals surface area contributed by atoms with Gasteiger partial charge in [0.05, 0.1) is 6.10 Å². The maximum absolute atomic E-state index is 12.2. The topological polar surface area (TPSA) is 107 Å². The van der Waals surface area contributed by atoms with E-state index in [9.17, 15) is 14.5 Å². The number of nitrogens with one attached hydrogen (secondary N) is 1. The molecule has 6 nitrogen and oxygen atoms in total. The first-order chi connectivity index (χ1) is 15.9. The maximum Gasteiger partial charge on any atom is 0.344 e. The molecule has 0 aromatic carbocycles. The van der Waals surface area contributed by atoms with Crippen LogP contribution in [0, 0.1) is 52.3 Å². The zero-order chi connectivity index (χ0) is 24.9. The normalized spacial score (nSPS) is 45.1. The molecule has 4 N–H and O–H groups in total. The molecule has 34 heavy (non-hydrogen) atoms. The van der Waals surface area contributed by atoms with Crippen LogP contribution in [0.25, 0.3) is 0 Å². The second kappa shape index (κ2) is 9.80. The first-order valence-electron chi connectivity index (χ1n) is 13.9. The number of carbonyl (C=O) groups is 1. The van der Waals surface area contributed by atoms with Crippen LogP contribution in [-0.2, 0) is 9.36 Å². The number of fused-ring (bicyclic) bond motifs is 5. The molecule has 4 fully saturated rings. The predicted molar refractivity (Wildman–Crippen MR) is 134 cm³/mol. The second-order valence-electron chi connectivity index (χ2n) is 12.9. The SMILES string of the molecule is CC[C@H]1[C@@H](O)C2C3CCC([C@H](C)CCC(=O)NCP(=O)(O)O)[C@@]3(C)CCC2[C@@]2(C)CCCC[C@@H]12. The minimum absolute atomic E-state index is 0.178. The highest BCUT2D eigenvalue weighted by atomic mass is 31.2. The van der Waals surface area contributed by atoms with Crippen LogP contribution < -0.4 is 5.32 Å². The van der Waals surface area contributed by atoms with Gasteiger partial charge in [-0.25, -0.2) is 0 Å². The second-order valence-corrected chi connectivity index (χ2v) is 14.5. The molecule has 1 amide bonds. The van der Waals surface area contributed by atoms with E-state index in [0.29, 0.717) is 53.3 Å². The number of hydrogen-bond acceptors (Lipinski definition) is 3. The lowest BCUT2D eigenvalue weighted by Gasteiger charge is -2.64. The molecule has 4 unspecified atom stereocenters. The number of amides is 1. The minimum Gasteiger partial charge on any atom is -0.393 e. The molecule has 0 aromatic rings. The molecule has 0 aliphatic heterocycles. The molecule has 4 saturated carbocycles. The molecule has 4 aliphatic rings. The van der Waals surface area contributed by atoms with Crippen molar-refractivity contribution >= 4 is 13.5 Å². The van der Waals surface area contributed by atoms with Gasteiger partial charge in [0.15, 0.2) is 0 Å². The highest BCUT2D eigenvalue weighted by Crippen LogP contribution is 2.69. The molecular formula is C27H48NO5P. The molecular weight excluding hydrogens is 449 g/mol. The quantitative estimate of drug-likeness (QED) is 0.357. The Morgan fingerprint density at radius 3 is 2.41 bits per heavy atom. The van der Waals surface area contributed by atoms with Gasteiger partial charge < -0.3 is 20.2 Å². The Labute approximate surface area is 206 Å². The van der Waals surface area contributed by atoms with Crippen molar-refractivity contribution in [3.8, 4) is 0 Å². The Morgan fingerprint density at radius 1 is 1.03 bits per heavy atom. The Balaban J connectivity index is 1.47. The summed E-state index contributed by atoms with van der Waals surface area (Å²) in [6, 6.07) is 0. The van der Waals surface area contributed by atoms with Gasteiger partial charge in [0.1, 0.15) is 6.29 Å². The van der Waals surface area contributed by atoms with Crippen LogP contribution in [0.4, 0.5) is 0 Å². The van der Waals surface area contributed by atoms with E-state index in [4.69, 9.17) is 9.79 Å². The van der Waals surface area contributed by atoms with Crippen molar-refractivity contribution in [1.29, 1.82) is 0 Å². The summed E-state index contributed by atoms with van der Waals surface area (Å²) in [5.74, 6) is 3.37. The first-order valence-corrected chi connectivity index (χ1v) is 15.7. The number of hydrogen-bond donors (Lipinski definition) is 4. The van der Waals surface area contributed by atoms with Crippen molar-refractivity contribution in [2.24, 2.45) is 52.3 Å². The molecule has 0 heterocycles. The maximum atomic E-state index is 12.2. The monoisotopic (exact) mass is 497 g/mol. The van der Waals surface area contributed by atoms with Crippen molar-refractivity contribution in [2.45, 2.75) is 104 Å². The first kappa shape index (κ1) is 26.6. The third-order valence-electron chi connectivity index (χ3n) is 11.4. The molecule has 4 rings (SSSR count). The van der Waals surface area contributed by atoms with Crippen LogP contribution >= 0.6 is 7.60 Å². The van der Waals surface area contributed by atoms with Gasteiger partial charge in [-0.15, -0.1) is 0 Å². The largest absolute Gasteiger partial charge is 0.393 e. The number of rotatable bonds is 7. The van der Waals surface area contributed by atoms with Crippen molar-refractivity contribution in [3.05, 3.63) is 0 Å². The van der Waals surface area contributed by atoms with Gasteiger partial charge in [-0.05, 0) is 97.2 Å². The highest BCUT2D eigenvalue weighted by Gasteiger charge is 2.64. The van der Waals surface area contributed by atoms with Crippen LogP contribution in [0.2, 0.25) is 0 Å². The average molecular weight is 498 g/mol. The van der Waals surface area contributed by atoms with E-state index in [0.717, 1.165) is 12.8 Å². The zero-order valence-electron chi connectivity index (χ0n) is 21.7. The van der Waals surface area contributed by atoms with Crippen molar-refractivity contribution in [2.75, 3.05) is 6.29 Å². The van der Waals surface area contributed by atoms with Gasteiger partial charge in [-0.3, -0.25) is 9.36 Å². The molecule has 0 saturated heterocycles. The van der Waals surface area contributed by atoms with E-state index >= 15 is 0 Å². The molecule has 0 aromatic heterocycles. The van der Waals surface area contributed by atoms with Crippen LogP contribution in [0.3, 0.4) is 0 Å². The lowest BCUT2D eigenvalue weighted by Crippen LogP contribution is -2.61. The molecule has 10 atom stereocenters. The van der Waals surface area contributed by atoms with Crippen LogP contribution in [0.15, 0.2) is 0 Å². The fraction of sp³-hybridized carbons (Fsp3) is 0.963. The molecule has 0 spiro atoms. The van der Waals surface area contributed by atoms with Gasteiger partial charge >= 0.3 is 7.60 Å². The smallest absolute Gasteiger partial charge is 0.344 e. The van der Waals surface area contributed by atoms with E-state index in [2.05, 4.69) is 33.0 Å². The summed E-state index contributed by atoms with van der Waals surface area (Å²) in [5, 5.41) is 14.2. The van der Waals surface area contributed by atoms with Crippen LogP contribution in [-0.4, -0.2) is 33.2 Å². The minimum atomic E-state index is -4.22. The average Bonchev–Trinajstić information content (AvgIpc) is 3.13. The van der Waals surface area contributed by atoms with E-state index < -0.39 is 13.9 Å². The molecule has 0 bridgehead atoms. The third kappa shape index (κ3) is 4.66. The Kier molecular flexibility index (Phi) is 7.68. The van der Waals surface area contributed by atoms with Crippen LogP contribution in [0.5, 0.6) is 0 Å². The van der Waals surface area contributed by atoms with E-state index in [1.54, 1.807) is 0 Å². The Hall–Kier alpha value is -0.420. The Morgan fingerprint density at radius 2 is 1.74 bits per heavy atom. The number of aliphatic hydroxyl groups excluding tert-OH is 1. The summed E-state index contributed by atoms with van der Waals surface area (Å²) in [7, 11) is -4.22. The summed E-state index contributed by atoms with van der Waals surface area (Å²) in [5.41, 5.74) is 0.588. The Bertz CT molecular complexity index is 800. The van der Waals surface area contributed by atoms with Crippen molar-refractivity contribution < 1.29 is 24.3 Å². The van der Waals surface area contributed by atoms with Crippen molar-refractivity contribution in [1.82, 2.24) is 5.32 Å². The standard InChI is InChI=1S/C27H48NO5P/c1-5-18-20-8-6-7-14-26(20,3)22-13-15-27(4)19(10-11-21(27)24(22)25(18)30)17(2)9-12-23(29)28-16-34(31,32)33/h17-22,24-25,30H,5-16H2,1-4H3,(H,28,29)(H2,31,32,33)/t17-,18-,19?,20+,21?,22?,24?,25-,26+,27-/m1/s1. The van der Waals surface area contributed by atoms with Gasteiger partial charge in [-0.2, -0.15) is 0 Å². The summed E-state index contributed by atoms with van der Waals surface area (Å²) < 4.78 is 11.0. The fourth-order valence-corrected chi connectivity index (χ4v) is 10.2. The number of carbonyl (C=O) groups excluding carboxylic acids is 1. The summed E-state index contributed by atoms with van der Waals surface area (Å²) in [6.45, 7) is 9.57. The van der Waals surface area contributed by atoms with Gasteiger partial charge in [0.25, 0.3) is 0 Å². The summed E-state index contributed by atoms with van der Waals surface area (Å²) in [4.78, 5) is 30.2. The number of aliphatic hydroxyl groups is 1. The van der Waals surface area contributed by atoms with Gasteiger partial charge in [0, 0.05) is 6.42 Å². The summed E-state index contributed by atoms with van der Waals surface area (Å²) >= 11 is 0. The third-order valence-corrected chi connectivity index (χ3v) is 12.0. The lowest BCUT2D eigenvalue weighted by atomic mass is 9.41. The lowest BCUT2D eigenvalue weighted by molar-refractivity contribution is -0.194. The molecule has 196 valence electrons. The van der Waals surface area contributed by atoms with Crippen molar-refractivity contribution in [3.63, 3.8) is 0 Å². The van der Waals surface area contributed by atoms with Gasteiger partial charge in [-0.1, -0.05) is 47.0 Å². The van der Waals surface area contributed by atoms with E-state index in [1.807, 2.05) is 0 Å². The predicted octanol–water partition coefficient (Wildman–Crippen LogP) is 5.31.